The van der Waals surface area contributed by atoms with Gasteiger partial charge in [0, 0.05) is 12.3 Å². The maximum atomic E-state index is 10.8. The molecule has 6 N–H and O–H groups in total. The largest absolute Gasteiger partial charge is 0.394 e. The fourth-order valence-electron chi connectivity index (χ4n) is 4.62. The van der Waals surface area contributed by atoms with Crippen LogP contribution in [0.15, 0.2) is 0 Å². The summed E-state index contributed by atoms with van der Waals surface area (Å²) in [7, 11) is 0. The number of aliphatic hydroxyl groups is 6. The van der Waals surface area contributed by atoms with Crippen LogP contribution >= 0.6 is 11.6 Å². The van der Waals surface area contributed by atoms with E-state index in [2.05, 4.69) is 0 Å². The van der Waals surface area contributed by atoms with E-state index in [9.17, 15) is 30.6 Å². The van der Waals surface area contributed by atoms with Crippen molar-refractivity contribution in [3.8, 4) is 0 Å². The van der Waals surface area contributed by atoms with Crippen molar-refractivity contribution < 1.29 is 49.9 Å². The van der Waals surface area contributed by atoms with Crippen LogP contribution < -0.4 is 0 Å². The van der Waals surface area contributed by atoms with E-state index in [4.69, 9.17) is 30.8 Å². The smallest absolute Gasteiger partial charge is 0.223 e. The molecule has 12 atom stereocenters. The van der Waals surface area contributed by atoms with Crippen LogP contribution in [0, 0.1) is 11.8 Å². The first-order valence-corrected chi connectivity index (χ1v) is 9.06. The first kappa shape index (κ1) is 19.2. The van der Waals surface area contributed by atoms with Gasteiger partial charge < -0.3 is 40.1 Å². The molecule has 12 unspecified atom stereocenters. The van der Waals surface area contributed by atoms with Crippen molar-refractivity contribution in [1.29, 1.82) is 0 Å². The van der Waals surface area contributed by atoms with Crippen molar-refractivity contribution in [2.75, 3.05) is 6.61 Å². The standard InChI is InChI=1S/C15H23ClO10/c16-13-9(18)5-1-4-2-6(8(5)15(13,22)26-25-4)23-14-12(21)11(20)10(19)7(3-17)24-14/h4-14,17-22H,1-3H2. The molecule has 0 aromatic heterocycles. The van der Waals surface area contributed by atoms with Crippen LogP contribution in [0.5, 0.6) is 0 Å². The molecule has 10 nitrogen and oxygen atoms in total. The molecule has 0 amide bonds. The van der Waals surface area contributed by atoms with Gasteiger partial charge in [-0.3, -0.25) is 0 Å². The van der Waals surface area contributed by atoms with Gasteiger partial charge in [0.1, 0.15) is 29.8 Å². The van der Waals surface area contributed by atoms with Crippen LogP contribution in [0.25, 0.3) is 0 Å². The Balaban J connectivity index is 1.57. The van der Waals surface area contributed by atoms with Gasteiger partial charge in [-0.05, 0) is 12.3 Å². The molecular weight excluding hydrogens is 376 g/mol. The van der Waals surface area contributed by atoms with Gasteiger partial charge in [0.2, 0.25) is 5.79 Å². The molecule has 2 saturated carbocycles. The van der Waals surface area contributed by atoms with E-state index in [1.54, 1.807) is 0 Å². The first-order chi connectivity index (χ1) is 12.3. The Morgan fingerprint density at radius 2 is 1.77 bits per heavy atom. The van der Waals surface area contributed by atoms with E-state index in [0.29, 0.717) is 6.42 Å². The molecule has 5 aliphatic rings. The van der Waals surface area contributed by atoms with Crippen LogP contribution in [0.4, 0.5) is 0 Å². The van der Waals surface area contributed by atoms with E-state index >= 15 is 0 Å². The number of fused-ring (bicyclic) bond motifs is 2. The highest BCUT2D eigenvalue weighted by molar-refractivity contribution is 6.22. The third-order valence-corrected chi connectivity index (χ3v) is 6.55. The van der Waals surface area contributed by atoms with Crippen LogP contribution in [-0.2, 0) is 19.2 Å². The SMILES string of the molecule is OCC1OC(OC2CC3CC4C(O)C(Cl)C(O)(OO3)C24)C(O)C(O)C1O. The fourth-order valence-corrected chi connectivity index (χ4v) is 4.98. The minimum absolute atomic E-state index is 0.287. The molecule has 5 rings (SSSR count). The lowest BCUT2D eigenvalue weighted by atomic mass is 9.76. The lowest BCUT2D eigenvalue weighted by Gasteiger charge is -2.44. The van der Waals surface area contributed by atoms with Gasteiger partial charge >= 0.3 is 0 Å². The lowest BCUT2D eigenvalue weighted by molar-refractivity contribution is -0.431. The van der Waals surface area contributed by atoms with E-state index in [0.717, 1.165) is 0 Å². The average Bonchev–Trinajstić information content (AvgIpc) is 2.77. The molecule has 0 spiro atoms. The van der Waals surface area contributed by atoms with E-state index < -0.39 is 78.6 Å². The predicted molar refractivity (Wildman–Crippen MR) is 81.4 cm³/mol. The molecule has 3 aliphatic heterocycles. The zero-order valence-corrected chi connectivity index (χ0v) is 14.4. The fraction of sp³-hybridized carbons (Fsp3) is 1.00. The molecular formula is C15H23ClO10. The average molecular weight is 399 g/mol. The summed E-state index contributed by atoms with van der Waals surface area (Å²) in [6.07, 6.45) is -8.65. The number of hydrogen-bond acceptors (Lipinski definition) is 10. The summed E-state index contributed by atoms with van der Waals surface area (Å²) < 4.78 is 11.2. The van der Waals surface area contributed by atoms with Crippen LogP contribution in [-0.4, -0.2) is 97.4 Å². The summed E-state index contributed by atoms with van der Waals surface area (Å²) in [6.45, 7) is -0.581. The monoisotopic (exact) mass is 398 g/mol. The Morgan fingerprint density at radius 3 is 2.46 bits per heavy atom. The Bertz CT molecular complexity index is 537. The number of rotatable bonds is 3. The van der Waals surface area contributed by atoms with Gasteiger partial charge in [-0.2, -0.15) is 4.89 Å². The summed E-state index contributed by atoms with van der Waals surface area (Å²) >= 11 is 6.15. The van der Waals surface area contributed by atoms with Crippen molar-refractivity contribution in [3.05, 3.63) is 0 Å². The number of aliphatic hydroxyl groups excluding tert-OH is 5. The van der Waals surface area contributed by atoms with Gasteiger partial charge in [0.25, 0.3) is 0 Å². The van der Waals surface area contributed by atoms with Gasteiger partial charge in [-0.1, -0.05) is 0 Å². The molecule has 4 bridgehead atoms. The molecule has 150 valence electrons. The van der Waals surface area contributed by atoms with Crippen molar-refractivity contribution in [2.24, 2.45) is 11.8 Å². The zero-order valence-electron chi connectivity index (χ0n) is 13.7. The number of halogens is 1. The predicted octanol–water partition coefficient (Wildman–Crippen LogP) is -2.80. The quantitative estimate of drug-likeness (QED) is 0.216. The Kier molecular flexibility index (Phi) is 4.99. The van der Waals surface area contributed by atoms with Crippen molar-refractivity contribution >= 4 is 11.6 Å². The summed E-state index contributed by atoms with van der Waals surface area (Å²) in [4.78, 5) is 10.3. The van der Waals surface area contributed by atoms with Crippen LogP contribution in [0.1, 0.15) is 12.8 Å². The normalized spacial score (nSPS) is 59.4. The molecule has 0 aromatic carbocycles. The highest BCUT2D eigenvalue weighted by Gasteiger charge is 2.68. The Morgan fingerprint density at radius 1 is 1.04 bits per heavy atom. The zero-order chi connectivity index (χ0) is 18.8. The second-order valence-electron chi connectivity index (χ2n) is 7.48. The molecule has 26 heavy (non-hydrogen) atoms. The van der Waals surface area contributed by atoms with Gasteiger partial charge in [-0.15, -0.1) is 11.6 Å². The topological polar surface area (TPSA) is 158 Å². The van der Waals surface area contributed by atoms with E-state index in [1.807, 2.05) is 0 Å². The van der Waals surface area contributed by atoms with Gasteiger partial charge in [0.05, 0.1) is 24.9 Å². The first-order valence-electron chi connectivity index (χ1n) is 8.63. The highest BCUT2D eigenvalue weighted by Crippen LogP contribution is 2.55. The summed E-state index contributed by atoms with van der Waals surface area (Å²) in [5, 5.41) is 59.3. The molecule has 0 radical (unpaired) electrons. The molecule has 3 heterocycles. The molecule has 0 aromatic rings. The minimum atomic E-state index is -1.98. The van der Waals surface area contributed by atoms with Crippen molar-refractivity contribution in [3.63, 3.8) is 0 Å². The van der Waals surface area contributed by atoms with Gasteiger partial charge in [-0.25, -0.2) is 4.89 Å². The summed E-state index contributed by atoms with van der Waals surface area (Å²) in [5.41, 5.74) is 0. The third-order valence-electron chi connectivity index (χ3n) is 5.98. The minimum Gasteiger partial charge on any atom is -0.394 e. The second kappa shape index (κ2) is 6.75. The Labute approximate surface area is 153 Å². The molecule has 5 fully saturated rings. The molecule has 3 saturated heterocycles. The van der Waals surface area contributed by atoms with Crippen LogP contribution in [0.2, 0.25) is 0 Å². The molecule has 11 heteroatoms. The number of alkyl halides is 1. The lowest BCUT2D eigenvalue weighted by Crippen LogP contribution is -2.61. The third kappa shape index (κ3) is 2.72. The van der Waals surface area contributed by atoms with Crippen molar-refractivity contribution in [2.45, 2.75) is 73.0 Å². The summed E-state index contributed by atoms with van der Waals surface area (Å²) in [6, 6.07) is 0. The number of ether oxygens (including phenoxy) is 2. The summed E-state index contributed by atoms with van der Waals surface area (Å²) in [5.74, 6) is -3.17. The maximum absolute atomic E-state index is 10.8. The van der Waals surface area contributed by atoms with E-state index in [1.165, 1.54) is 0 Å². The maximum Gasteiger partial charge on any atom is 0.223 e. The molecule has 2 aliphatic carbocycles. The van der Waals surface area contributed by atoms with E-state index in [-0.39, 0.29) is 6.42 Å². The van der Waals surface area contributed by atoms with Gasteiger partial charge in [0.15, 0.2) is 6.29 Å². The van der Waals surface area contributed by atoms with Crippen LogP contribution in [0.3, 0.4) is 0 Å². The second-order valence-corrected chi connectivity index (χ2v) is 7.95. The number of hydrogen-bond donors (Lipinski definition) is 6. The van der Waals surface area contributed by atoms with Crippen molar-refractivity contribution in [1.82, 2.24) is 0 Å². The highest BCUT2D eigenvalue weighted by atomic mass is 35.5. The Hall–Kier alpha value is -0.110.